The number of rotatable bonds is 4. The highest BCUT2D eigenvalue weighted by Gasteiger charge is 2.32. The molecule has 0 radical (unpaired) electrons. The van der Waals surface area contributed by atoms with E-state index in [1.807, 2.05) is 0 Å². The van der Waals surface area contributed by atoms with Gasteiger partial charge in [0.25, 0.3) is 5.91 Å². The van der Waals surface area contributed by atoms with Crippen LogP contribution in [0.3, 0.4) is 0 Å². The van der Waals surface area contributed by atoms with Gasteiger partial charge >= 0.3 is 0 Å². The molecule has 1 amide bonds. The van der Waals surface area contributed by atoms with Crippen LogP contribution >= 0.6 is 12.4 Å². The number of nitrogens with zero attached hydrogens (tertiary/aromatic N) is 1. The summed E-state index contributed by atoms with van der Waals surface area (Å²) in [7, 11) is 0. The molecule has 9 heteroatoms. The third-order valence-electron chi connectivity index (χ3n) is 4.43. The number of hydrogen-bond acceptors (Lipinski definition) is 5. The van der Waals surface area contributed by atoms with E-state index in [0.29, 0.717) is 11.1 Å². The molecule has 6 nitrogen and oxygen atoms in total. The van der Waals surface area contributed by atoms with Gasteiger partial charge in [0.05, 0.1) is 36.7 Å². The molecule has 0 unspecified atom stereocenters. The molecule has 27 heavy (non-hydrogen) atoms. The van der Waals surface area contributed by atoms with Gasteiger partial charge in [-0.15, -0.1) is 12.4 Å². The lowest BCUT2D eigenvalue weighted by Crippen LogP contribution is -2.56. The molecule has 3 rings (SSSR count). The molecule has 1 aliphatic heterocycles. The standard InChI is InChI=1S/C18H21F2N3O3.ClH/c1-18(2,23-17(25)15-7-21-11(8-24)9-26-15)16-12-4-3-10(19)5-13(12)14(20)6-22-16;/h3-6,11,15,21,24H,7-9H2,1-2H3,(H,23,25);1H/t11-,15+;/m1./s1. The topological polar surface area (TPSA) is 83.5 Å². The number of halogens is 3. The maximum absolute atomic E-state index is 14.0. The first-order valence-corrected chi connectivity index (χ1v) is 8.34. The summed E-state index contributed by atoms with van der Waals surface area (Å²) in [4.78, 5) is 16.7. The number of aromatic nitrogens is 1. The number of morpholine rings is 1. The van der Waals surface area contributed by atoms with Crippen molar-refractivity contribution in [2.75, 3.05) is 19.8 Å². The van der Waals surface area contributed by atoms with Crippen LogP contribution in [0, 0.1) is 11.6 Å². The fourth-order valence-electron chi connectivity index (χ4n) is 3.04. The second kappa shape index (κ2) is 8.43. The monoisotopic (exact) mass is 401 g/mol. The second-order valence-corrected chi connectivity index (χ2v) is 6.87. The number of ether oxygens (including phenoxy) is 1. The third kappa shape index (κ3) is 4.52. The smallest absolute Gasteiger partial charge is 0.251 e. The normalized spacial score (nSPS) is 20.2. The van der Waals surface area contributed by atoms with Gasteiger partial charge in [0.1, 0.15) is 17.7 Å². The van der Waals surface area contributed by atoms with E-state index in [1.165, 1.54) is 12.1 Å². The molecule has 1 aromatic heterocycles. The Balaban J connectivity index is 0.00000261. The average Bonchev–Trinajstić information content (AvgIpc) is 2.62. The molecule has 148 valence electrons. The van der Waals surface area contributed by atoms with E-state index in [4.69, 9.17) is 9.84 Å². The van der Waals surface area contributed by atoms with Gasteiger partial charge in [-0.05, 0) is 32.0 Å². The van der Waals surface area contributed by atoms with Crippen molar-refractivity contribution in [2.45, 2.75) is 31.5 Å². The number of nitrogens with one attached hydrogen (secondary N) is 2. The van der Waals surface area contributed by atoms with Crippen LogP contribution in [0.2, 0.25) is 0 Å². The Labute approximate surface area is 161 Å². The number of aliphatic hydroxyl groups is 1. The average molecular weight is 402 g/mol. The van der Waals surface area contributed by atoms with Gasteiger partial charge in [-0.25, -0.2) is 8.78 Å². The predicted molar refractivity (Wildman–Crippen MR) is 98.7 cm³/mol. The lowest BCUT2D eigenvalue weighted by Gasteiger charge is -2.32. The lowest BCUT2D eigenvalue weighted by molar-refractivity contribution is -0.137. The minimum atomic E-state index is -0.932. The molecule has 2 heterocycles. The third-order valence-corrected chi connectivity index (χ3v) is 4.43. The summed E-state index contributed by atoms with van der Waals surface area (Å²) in [6.45, 7) is 3.91. The molecule has 3 N–H and O–H groups in total. The van der Waals surface area contributed by atoms with Crippen LogP contribution in [0.4, 0.5) is 8.78 Å². The molecule has 0 spiro atoms. The number of amides is 1. The number of benzene rings is 1. The molecule has 0 saturated carbocycles. The summed E-state index contributed by atoms with van der Waals surface area (Å²) in [6, 6.07) is 3.60. The largest absolute Gasteiger partial charge is 0.395 e. The summed E-state index contributed by atoms with van der Waals surface area (Å²) >= 11 is 0. The summed E-state index contributed by atoms with van der Waals surface area (Å²) in [5.74, 6) is -1.52. The van der Waals surface area contributed by atoms with Crippen molar-refractivity contribution in [3.05, 3.63) is 41.7 Å². The van der Waals surface area contributed by atoms with Crippen LogP contribution in [0.25, 0.3) is 10.8 Å². The summed E-state index contributed by atoms with van der Waals surface area (Å²) in [5.41, 5.74) is -0.503. The van der Waals surface area contributed by atoms with E-state index in [9.17, 15) is 13.6 Å². The molecule has 0 aliphatic carbocycles. The molecule has 0 bridgehead atoms. The molecule has 1 saturated heterocycles. The van der Waals surface area contributed by atoms with Gasteiger partial charge in [-0.3, -0.25) is 9.78 Å². The first-order chi connectivity index (χ1) is 12.3. The Morgan fingerprint density at radius 3 is 2.78 bits per heavy atom. The number of fused-ring (bicyclic) bond motifs is 1. The maximum atomic E-state index is 14.0. The number of hydrogen-bond donors (Lipinski definition) is 3. The van der Waals surface area contributed by atoms with Crippen LogP contribution in [0.15, 0.2) is 24.4 Å². The van der Waals surface area contributed by atoms with Gasteiger partial charge in [0.2, 0.25) is 0 Å². The Hall–Kier alpha value is -1.87. The second-order valence-electron chi connectivity index (χ2n) is 6.87. The van der Waals surface area contributed by atoms with Crippen LogP contribution in [0.5, 0.6) is 0 Å². The van der Waals surface area contributed by atoms with Crippen molar-refractivity contribution < 1.29 is 23.4 Å². The minimum absolute atomic E-state index is 0. The number of pyridine rings is 1. The van der Waals surface area contributed by atoms with Crippen molar-refractivity contribution in [3.8, 4) is 0 Å². The zero-order valence-electron chi connectivity index (χ0n) is 15.0. The molecule has 1 aromatic carbocycles. The highest BCUT2D eigenvalue weighted by Crippen LogP contribution is 2.29. The van der Waals surface area contributed by atoms with Crippen molar-refractivity contribution in [1.29, 1.82) is 0 Å². The highest BCUT2D eigenvalue weighted by atomic mass is 35.5. The minimum Gasteiger partial charge on any atom is -0.395 e. The van der Waals surface area contributed by atoms with Gasteiger partial charge in [0.15, 0.2) is 0 Å². The van der Waals surface area contributed by atoms with Gasteiger partial charge < -0.3 is 20.5 Å². The molecular formula is C18H22ClF2N3O3. The molecular weight excluding hydrogens is 380 g/mol. The summed E-state index contributed by atoms with van der Waals surface area (Å²) < 4.78 is 32.9. The van der Waals surface area contributed by atoms with E-state index >= 15 is 0 Å². The van der Waals surface area contributed by atoms with E-state index in [1.54, 1.807) is 13.8 Å². The first-order valence-electron chi connectivity index (χ1n) is 8.34. The number of aliphatic hydroxyl groups excluding tert-OH is 1. The van der Waals surface area contributed by atoms with E-state index in [-0.39, 0.29) is 49.5 Å². The molecule has 2 atom stereocenters. The van der Waals surface area contributed by atoms with Gasteiger partial charge in [-0.2, -0.15) is 0 Å². The highest BCUT2D eigenvalue weighted by molar-refractivity contribution is 5.87. The summed E-state index contributed by atoms with van der Waals surface area (Å²) in [5, 5.41) is 15.5. The van der Waals surface area contributed by atoms with Crippen molar-refractivity contribution in [2.24, 2.45) is 0 Å². The fourth-order valence-corrected chi connectivity index (χ4v) is 3.04. The van der Waals surface area contributed by atoms with Crippen molar-refractivity contribution >= 4 is 29.1 Å². The molecule has 1 fully saturated rings. The van der Waals surface area contributed by atoms with Crippen molar-refractivity contribution in [1.82, 2.24) is 15.6 Å². The zero-order valence-corrected chi connectivity index (χ0v) is 15.8. The Morgan fingerprint density at radius 2 is 2.15 bits per heavy atom. The van der Waals surface area contributed by atoms with Crippen LogP contribution in [-0.2, 0) is 15.1 Å². The van der Waals surface area contributed by atoms with E-state index < -0.39 is 23.3 Å². The van der Waals surface area contributed by atoms with Gasteiger partial charge in [0, 0.05) is 17.3 Å². The lowest BCUT2D eigenvalue weighted by atomic mass is 9.94. The Kier molecular flexibility index (Phi) is 6.69. The fraction of sp³-hybridized carbons (Fsp3) is 0.444. The maximum Gasteiger partial charge on any atom is 0.251 e. The quantitative estimate of drug-likeness (QED) is 0.725. The SMILES string of the molecule is CC(C)(NC(=O)[C@@H]1CN[C@H](CO)CO1)c1ncc(F)c2cc(F)ccc12.Cl. The van der Waals surface area contributed by atoms with Crippen molar-refractivity contribution in [3.63, 3.8) is 0 Å². The summed E-state index contributed by atoms with van der Waals surface area (Å²) in [6.07, 6.45) is 0.316. The number of carbonyl (C=O) groups is 1. The van der Waals surface area contributed by atoms with Crippen LogP contribution in [-0.4, -0.2) is 47.9 Å². The van der Waals surface area contributed by atoms with Gasteiger partial charge in [-0.1, -0.05) is 0 Å². The molecule has 1 aliphatic rings. The predicted octanol–water partition coefficient (Wildman–Crippen LogP) is 1.64. The Bertz CT molecular complexity index is 827. The van der Waals surface area contributed by atoms with Crippen LogP contribution in [0.1, 0.15) is 19.5 Å². The Morgan fingerprint density at radius 1 is 1.41 bits per heavy atom. The van der Waals surface area contributed by atoms with E-state index in [2.05, 4.69) is 15.6 Å². The van der Waals surface area contributed by atoms with E-state index in [0.717, 1.165) is 12.3 Å². The zero-order chi connectivity index (χ0) is 18.9. The first kappa shape index (κ1) is 21.4. The van der Waals surface area contributed by atoms with Crippen LogP contribution < -0.4 is 10.6 Å². The number of carbonyl (C=O) groups excluding carboxylic acids is 1. The molecule has 2 aromatic rings.